The lowest BCUT2D eigenvalue weighted by Gasteiger charge is -2.16. The molecular formula is C18H21Cl2N3O. The Morgan fingerprint density at radius 2 is 1.83 bits per heavy atom. The van der Waals surface area contributed by atoms with E-state index >= 15 is 0 Å². The lowest BCUT2D eigenvalue weighted by molar-refractivity contribution is 0.282. The van der Waals surface area contributed by atoms with Crippen molar-refractivity contribution in [3.05, 3.63) is 69.2 Å². The second-order valence-corrected chi connectivity index (χ2v) is 6.37. The van der Waals surface area contributed by atoms with Crippen molar-refractivity contribution in [2.24, 2.45) is 10.7 Å². The Bertz CT molecular complexity index is 702. The Hall–Kier alpha value is -1.75. The number of hydrogen-bond donors (Lipinski definition) is 3. The Morgan fingerprint density at radius 1 is 1.17 bits per heavy atom. The molecule has 0 spiro atoms. The van der Waals surface area contributed by atoms with Crippen LogP contribution >= 0.6 is 23.2 Å². The summed E-state index contributed by atoms with van der Waals surface area (Å²) in [7, 11) is 0. The molecule has 2 rings (SSSR count). The third-order valence-electron chi connectivity index (χ3n) is 3.68. The molecule has 4 N–H and O–H groups in total. The molecule has 0 saturated carbocycles. The van der Waals surface area contributed by atoms with E-state index in [4.69, 9.17) is 34.0 Å². The first kappa shape index (κ1) is 18.6. The van der Waals surface area contributed by atoms with E-state index < -0.39 is 0 Å². The van der Waals surface area contributed by atoms with Gasteiger partial charge in [0.2, 0.25) is 0 Å². The highest BCUT2D eigenvalue weighted by Crippen LogP contribution is 2.25. The van der Waals surface area contributed by atoms with Crippen LogP contribution < -0.4 is 11.1 Å². The molecule has 1 unspecified atom stereocenters. The number of halogens is 2. The van der Waals surface area contributed by atoms with Crippen LogP contribution in [0.1, 0.15) is 29.7 Å². The molecule has 2 aromatic carbocycles. The average Bonchev–Trinajstić information content (AvgIpc) is 2.55. The highest BCUT2D eigenvalue weighted by molar-refractivity contribution is 6.35. The van der Waals surface area contributed by atoms with Gasteiger partial charge in [-0.25, -0.2) is 0 Å². The fourth-order valence-corrected chi connectivity index (χ4v) is 2.89. The summed E-state index contributed by atoms with van der Waals surface area (Å²) < 4.78 is 0. The van der Waals surface area contributed by atoms with Gasteiger partial charge in [-0.3, -0.25) is 4.99 Å². The van der Waals surface area contributed by atoms with Crippen molar-refractivity contribution in [1.29, 1.82) is 0 Å². The van der Waals surface area contributed by atoms with Gasteiger partial charge in [-0.1, -0.05) is 53.5 Å². The lowest BCUT2D eigenvalue weighted by Crippen LogP contribution is -2.34. The standard InChI is InChI=1S/C18H21Cl2N3O/c1-12(16-7-6-15(19)10-17(16)20)23-18(21)22-9-8-13-2-4-14(11-24)5-3-13/h2-7,10,12,24H,8-9,11H2,1H3,(H3,21,22,23). The van der Waals surface area contributed by atoms with E-state index in [0.29, 0.717) is 22.5 Å². The summed E-state index contributed by atoms with van der Waals surface area (Å²) >= 11 is 12.1. The molecule has 0 aliphatic carbocycles. The first-order chi connectivity index (χ1) is 11.5. The van der Waals surface area contributed by atoms with Gasteiger partial charge in [-0.05, 0) is 42.2 Å². The topological polar surface area (TPSA) is 70.6 Å². The molecule has 0 amide bonds. The van der Waals surface area contributed by atoms with E-state index in [1.807, 2.05) is 37.3 Å². The van der Waals surface area contributed by atoms with Crippen LogP contribution in [0.15, 0.2) is 47.5 Å². The molecule has 128 valence electrons. The summed E-state index contributed by atoms with van der Waals surface area (Å²) in [5, 5.41) is 13.4. The quantitative estimate of drug-likeness (QED) is 0.539. The maximum absolute atomic E-state index is 9.03. The highest BCUT2D eigenvalue weighted by atomic mass is 35.5. The zero-order valence-corrected chi connectivity index (χ0v) is 15.0. The van der Waals surface area contributed by atoms with Crippen LogP contribution in [0.5, 0.6) is 0 Å². The molecule has 0 radical (unpaired) electrons. The third-order valence-corrected chi connectivity index (χ3v) is 4.24. The number of rotatable bonds is 6. The predicted octanol–water partition coefficient (Wildman–Crippen LogP) is 3.69. The maximum Gasteiger partial charge on any atom is 0.189 e. The fraction of sp³-hybridized carbons (Fsp3) is 0.278. The second kappa shape index (κ2) is 8.92. The monoisotopic (exact) mass is 365 g/mol. The number of nitrogens with one attached hydrogen (secondary N) is 1. The van der Waals surface area contributed by atoms with Crippen molar-refractivity contribution in [1.82, 2.24) is 5.32 Å². The molecule has 0 aliphatic heterocycles. The number of benzene rings is 2. The van der Waals surface area contributed by atoms with Crippen molar-refractivity contribution in [2.45, 2.75) is 26.0 Å². The van der Waals surface area contributed by atoms with Gasteiger partial charge >= 0.3 is 0 Å². The number of guanidine groups is 1. The number of aliphatic hydroxyl groups excluding tert-OH is 1. The summed E-state index contributed by atoms with van der Waals surface area (Å²) in [5.41, 5.74) is 8.90. The molecule has 1 atom stereocenters. The van der Waals surface area contributed by atoms with Gasteiger partial charge in [0.25, 0.3) is 0 Å². The zero-order valence-electron chi connectivity index (χ0n) is 13.5. The summed E-state index contributed by atoms with van der Waals surface area (Å²) in [4.78, 5) is 4.34. The van der Waals surface area contributed by atoms with Crippen molar-refractivity contribution < 1.29 is 5.11 Å². The van der Waals surface area contributed by atoms with Crippen molar-refractivity contribution in [3.8, 4) is 0 Å². The molecule has 0 aliphatic rings. The van der Waals surface area contributed by atoms with E-state index in [1.54, 1.807) is 12.1 Å². The predicted molar refractivity (Wildman–Crippen MR) is 101 cm³/mol. The molecular weight excluding hydrogens is 345 g/mol. The Kier molecular flexibility index (Phi) is 6.91. The summed E-state index contributed by atoms with van der Waals surface area (Å²) in [6.45, 7) is 2.60. The van der Waals surface area contributed by atoms with E-state index in [2.05, 4.69) is 10.3 Å². The normalized spacial score (nSPS) is 12.9. The van der Waals surface area contributed by atoms with Crippen molar-refractivity contribution in [3.63, 3.8) is 0 Å². The van der Waals surface area contributed by atoms with Crippen LogP contribution in [0.25, 0.3) is 0 Å². The van der Waals surface area contributed by atoms with Gasteiger partial charge in [-0.15, -0.1) is 0 Å². The fourth-order valence-electron chi connectivity index (χ4n) is 2.31. The van der Waals surface area contributed by atoms with Crippen LogP contribution in [-0.2, 0) is 13.0 Å². The highest BCUT2D eigenvalue weighted by Gasteiger charge is 2.10. The van der Waals surface area contributed by atoms with Crippen LogP contribution in [0.3, 0.4) is 0 Å². The molecule has 0 fully saturated rings. The van der Waals surface area contributed by atoms with Gasteiger partial charge in [0.1, 0.15) is 0 Å². The van der Waals surface area contributed by atoms with Gasteiger partial charge < -0.3 is 16.2 Å². The minimum absolute atomic E-state index is 0.0560. The van der Waals surface area contributed by atoms with Gasteiger partial charge in [0.05, 0.1) is 12.6 Å². The van der Waals surface area contributed by atoms with E-state index in [0.717, 1.165) is 23.1 Å². The smallest absolute Gasteiger partial charge is 0.189 e. The Balaban J connectivity index is 1.88. The number of aliphatic imine (C=N–C) groups is 1. The molecule has 0 saturated heterocycles. The minimum atomic E-state index is -0.0673. The summed E-state index contributed by atoms with van der Waals surface area (Å²) in [6, 6.07) is 13.1. The molecule has 2 aromatic rings. The molecule has 0 heterocycles. The SMILES string of the molecule is CC(NC(N)=NCCc1ccc(CO)cc1)c1ccc(Cl)cc1Cl. The molecule has 6 heteroatoms. The maximum atomic E-state index is 9.03. The minimum Gasteiger partial charge on any atom is -0.392 e. The average molecular weight is 366 g/mol. The third kappa shape index (κ3) is 5.41. The Morgan fingerprint density at radius 3 is 2.46 bits per heavy atom. The van der Waals surface area contributed by atoms with E-state index in [9.17, 15) is 0 Å². The van der Waals surface area contributed by atoms with Crippen LogP contribution in [0, 0.1) is 0 Å². The van der Waals surface area contributed by atoms with Gasteiger partial charge in [-0.2, -0.15) is 0 Å². The van der Waals surface area contributed by atoms with Gasteiger partial charge in [0, 0.05) is 16.6 Å². The van der Waals surface area contributed by atoms with Crippen molar-refractivity contribution >= 4 is 29.2 Å². The molecule has 0 bridgehead atoms. The molecule has 4 nitrogen and oxygen atoms in total. The van der Waals surface area contributed by atoms with Gasteiger partial charge in [0.15, 0.2) is 5.96 Å². The number of hydrogen-bond acceptors (Lipinski definition) is 2. The number of nitrogens with two attached hydrogens (primary N) is 1. The van der Waals surface area contributed by atoms with Crippen LogP contribution in [-0.4, -0.2) is 17.6 Å². The van der Waals surface area contributed by atoms with E-state index in [-0.39, 0.29) is 12.6 Å². The lowest BCUT2D eigenvalue weighted by atomic mass is 10.1. The van der Waals surface area contributed by atoms with Crippen LogP contribution in [0.4, 0.5) is 0 Å². The molecule has 0 aromatic heterocycles. The number of aliphatic hydroxyl groups is 1. The van der Waals surface area contributed by atoms with E-state index in [1.165, 1.54) is 0 Å². The van der Waals surface area contributed by atoms with Crippen LogP contribution in [0.2, 0.25) is 10.0 Å². The Labute approximate surface area is 152 Å². The summed E-state index contributed by atoms with van der Waals surface area (Å²) in [6.07, 6.45) is 0.782. The zero-order chi connectivity index (χ0) is 17.5. The summed E-state index contributed by atoms with van der Waals surface area (Å²) in [5.74, 6) is 0.375. The first-order valence-electron chi connectivity index (χ1n) is 7.69. The first-order valence-corrected chi connectivity index (χ1v) is 8.45. The number of nitrogens with zero attached hydrogens (tertiary/aromatic N) is 1. The second-order valence-electron chi connectivity index (χ2n) is 5.52. The molecule has 24 heavy (non-hydrogen) atoms. The van der Waals surface area contributed by atoms with Crippen molar-refractivity contribution in [2.75, 3.05) is 6.54 Å². The largest absolute Gasteiger partial charge is 0.392 e.